The summed E-state index contributed by atoms with van der Waals surface area (Å²) in [5.41, 5.74) is 10.0. The number of nitrogens with two attached hydrogens (primary N) is 1. The van der Waals surface area contributed by atoms with E-state index < -0.39 is 5.54 Å². The summed E-state index contributed by atoms with van der Waals surface area (Å²) in [6.07, 6.45) is 5.11. The standard InChI is InChI=1S/C24H21N5O2/c1-23(2,3)17-8-19-21(28-12-17)31-20-5-4-15(16-6-14(9-25)10-27-11-16)7-18(20)24(19)13-30-22(26)29-24/h4-8,10-12H,13H2,1-3H3,(H2,26,29)/t24-/m0/s1. The zero-order chi connectivity index (χ0) is 21.8. The minimum Gasteiger partial charge on any atom is -0.462 e. The van der Waals surface area contributed by atoms with Gasteiger partial charge in [-0.05, 0) is 40.8 Å². The van der Waals surface area contributed by atoms with Crippen LogP contribution in [0.15, 0.2) is 53.9 Å². The van der Waals surface area contributed by atoms with Gasteiger partial charge in [0.1, 0.15) is 18.4 Å². The summed E-state index contributed by atoms with van der Waals surface area (Å²) in [6, 6.07) is 12.0. The molecule has 2 N–H and O–H groups in total. The summed E-state index contributed by atoms with van der Waals surface area (Å²) in [7, 11) is 0. The maximum absolute atomic E-state index is 9.23. The van der Waals surface area contributed by atoms with E-state index >= 15 is 0 Å². The van der Waals surface area contributed by atoms with E-state index in [1.54, 1.807) is 12.3 Å². The Labute approximate surface area is 180 Å². The number of ether oxygens (including phenoxy) is 2. The van der Waals surface area contributed by atoms with Gasteiger partial charge in [0, 0.05) is 29.7 Å². The van der Waals surface area contributed by atoms with Crippen molar-refractivity contribution in [3.63, 3.8) is 0 Å². The van der Waals surface area contributed by atoms with Crippen LogP contribution in [-0.4, -0.2) is 22.6 Å². The van der Waals surface area contributed by atoms with Crippen molar-refractivity contribution in [3.8, 4) is 28.8 Å². The van der Waals surface area contributed by atoms with Gasteiger partial charge in [-0.25, -0.2) is 9.98 Å². The lowest BCUT2D eigenvalue weighted by atomic mass is 9.79. The molecule has 7 nitrogen and oxygen atoms in total. The first kappa shape index (κ1) is 19.1. The van der Waals surface area contributed by atoms with Crippen LogP contribution in [0.4, 0.5) is 0 Å². The van der Waals surface area contributed by atoms with E-state index in [1.807, 2.05) is 24.4 Å². The minimum atomic E-state index is -0.850. The van der Waals surface area contributed by atoms with E-state index in [0.29, 0.717) is 17.2 Å². The minimum absolute atomic E-state index is 0.0938. The molecule has 2 aromatic heterocycles. The molecule has 0 saturated heterocycles. The average molecular weight is 411 g/mol. The van der Waals surface area contributed by atoms with Crippen LogP contribution in [-0.2, 0) is 15.7 Å². The molecule has 0 amide bonds. The average Bonchev–Trinajstić information content (AvgIpc) is 3.15. The number of rotatable bonds is 1. The van der Waals surface area contributed by atoms with Crippen LogP contribution in [0.2, 0.25) is 0 Å². The lowest BCUT2D eigenvalue weighted by Gasteiger charge is -2.34. The molecule has 3 aromatic rings. The lowest BCUT2D eigenvalue weighted by Crippen LogP contribution is -2.32. The van der Waals surface area contributed by atoms with E-state index in [1.165, 1.54) is 6.20 Å². The number of nitrogens with zero attached hydrogens (tertiary/aromatic N) is 4. The van der Waals surface area contributed by atoms with Crippen molar-refractivity contribution in [2.75, 3.05) is 6.61 Å². The molecule has 154 valence electrons. The van der Waals surface area contributed by atoms with Crippen molar-refractivity contribution in [2.45, 2.75) is 31.7 Å². The van der Waals surface area contributed by atoms with Crippen molar-refractivity contribution in [3.05, 3.63) is 71.2 Å². The van der Waals surface area contributed by atoms with Gasteiger partial charge < -0.3 is 15.2 Å². The third kappa shape index (κ3) is 2.99. The third-order valence-electron chi connectivity index (χ3n) is 5.73. The van der Waals surface area contributed by atoms with Crippen LogP contribution >= 0.6 is 0 Å². The second-order valence-corrected chi connectivity index (χ2v) is 8.81. The molecule has 0 aliphatic carbocycles. The van der Waals surface area contributed by atoms with E-state index in [9.17, 15) is 5.26 Å². The first-order chi connectivity index (χ1) is 14.8. The predicted octanol–water partition coefficient (Wildman–Crippen LogP) is 4.01. The first-order valence-electron chi connectivity index (χ1n) is 9.97. The number of pyridine rings is 2. The summed E-state index contributed by atoms with van der Waals surface area (Å²) in [6.45, 7) is 6.67. The lowest BCUT2D eigenvalue weighted by molar-refractivity contribution is 0.262. The molecule has 0 bridgehead atoms. The van der Waals surface area contributed by atoms with Gasteiger partial charge in [-0.3, -0.25) is 4.98 Å². The molecule has 2 aliphatic heterocycles. The Hall–Kier alpha value is -3.92. The van der Waals surface area contributed by atoms with Crippen LogP contribution in [0.25, 0.3) is 11.1 Å². The number of nitriles is 1. The monoisotopic (exact) mass is 411 g/mol. The molecule has 5 rings (SSSR count). The molecular formula is C24H21N5O2. The number of fused-ring (bicyclic) bond motifs is 4. The van der Waals surface area contributed by atoms with Crippen LogP contribution in [0.1, 0.15) is 43.0 Å². The van der Waals surface area contributed by atoms with Crippen LogP contribution < -0.4 is 10.5 Å². The van der Waals surface area contributed by atoms with E-state index in [-0.39, 0.29) is 18.0 Å². The Balaban J connectivity index is 1.72. The molecule has 0 radical (unpaired) electrons. The van der Waals surface area contributed by atoms with Crippen LogP contribution in [0, 0.1) is 11.3 Å². The summed E-state index contributed by atoms with van der Waals surface area (Å²) >= 11 is 0. The van der Waals surface area contributed by atoms with Crippen LogP contribution in [0.5, 0.6) is 11.6 Å². The summed E-state index contributed by atoms with van der Waals surface area (Å²) in [4.78, 5) is 13.5. The van der Waals surface area contributed by atoms with Gasteiger partial charge in [-0.2, -0.15) is 5.26 Å². The molecule has 1 spiro atoms. The largest absolute Gasteiger partial charge is 0.462 e. The Kier molecular flexibility index (Phi) is 4.02. The second-order valence-electron chi connectivity index (χ2n) is 8.81. The SMILES string of the molecule is CC(C)(C)c1cnc2c(c1)[C@]1(COC(N)=N1)c1cc(-c3cncc(C#N)c3)ccc1O2. The maximum atomic E-state index is 9.23. The van der Waals surface area contributed by atoms with Gasteiger partial charge in [-0.15, -0.1) is 0 Å². The van der Waals surface area contributed by atoms with Gasteiger partial charge >= 0.3 is 0 Å². The highest BCUT2D eigenvalue weighted by atomic mass is 16.5. The molecule has 0 unspecified atom stereocenters. The molecule has 2 aliphatic rings. The Morgan fingerprint density at radius 3 is 2.61 bits per heavy atom. The first-order valence-corrected chi connectivity index (χ1v) is 9.97. The van der Waals surface area contributed by atoms with E-state index in [0.717, 1.165) is 27.8 Å². The molecule has 1 aromatic carbocycles. The van der Waals surface area contributed by atoms with Crippen molar-refractivity contribution >= 4 is 6.02 Å². The van der Waals surface area contributed by atoms with Gasteiger partial charge in [0.05, 0.1) is 11.1 Å². The zero-order valence-corrected chi connectivity index (χ0v) is 17.5. The van der Waals surface area contributed by atoms with E-state index in [2.05, 4.69) is 42.9 Å². The summed E-state index contributed by atoms with van der Waals surface area (Å²) in [5.74, 6) is 1.15. The number of hydrogen-bond acceptors (Lipinski definition) is 7. The Morgan fingerprint density at radius 2 is 1.90 bits per heavy atom. The number of hydrogen-bond donors (Lipinski definition) is 1. The second kappa shape index (κ2) is 6.54. The van der Waals surface area contributed by atoms with Crippen LogP contribution in [0.3, 0.4) is 0 Å². The van der Waals surface area contributed by atoms with Crippen molar-refractivity contribution < 1.29 is 9.47 Å². The molecule has 4 heterocycles. The molecule has 0 fully saturated rings. The maximum Gasteiger partial charge on any atom is 0.283 e. The zero-order valence-electron chi connectivity index (χ0n) is 17.5. The molecule has 31 heavy (non-hydrogen) atoms. The van der Waals surface area contributed by atoms with Gasteiger partial charge in [0.2, 0.25) is 5.88 Å². The molecular weight excluding hydrogens is 390 g/mol. The highest BCUT2D eigenvalue weighted by Gasteiger charge is 2.48. The number of aliphatic imine (C=N–C) groups is 1. The summed E-state index contributed by atoms with van der Waals surface area (Å²) in [5, 5.41) is 9.23. The molecule has 7 heteroatoms. The fourth-order valence-electron chi connectivity index (χ4n) is 3.98. The van der Waals surface area contributed by atoms with Crippen molar-refractivity contribution in [1.29, 1.82) is 5.26 Å². The molecule has 0 saturated carbocycles. The highest BCUT2D eigenvalue weighted by Crippen LogP contribution is 2.51. The molecule has 1 atom stereocenters. The number of amidine groups is 1. The smallest absolute Gasteiger partial charge is 0.283 e. The fraction of sp³-hybridized carbons (Fsp3) is 0.250. The van der Waals surface area contributed by atoms with E-state index in [4.69, 9.17) is 20.2 Å². The van der Waals surface area contributed by atoms with Gasteiger partial charge in [0.25, 0.3) is 6.02 Å². The van der Waals surface area contributed by atoms with Gasteiger partial charge in [-0.1, -0.05) is 26.8 Å². The van der Waals surface area contributed by atoms with Crippen molar-refractivity contribution in [2.24, 2.45) is 10.7 Å². The Morgan fingerprint density at radius 1 is 1.06 bits per heavy atom. The number of benzene rings is 1. The Bertz CT molecular complexity index is 1290. The normalized spacial score (nSPS) is 19.0. The number of aromatic nitrogens is 2. The van der Waals surface area contributed by atoms with Crippen molar-refractivity contribution in [1.82, 2.24) is 9.97 Å². The topological polar surface area (TPSA) is 106 Å². The third-order valence-corrected chi connectivity index (χ3v) is 5.73. The predicted molar refractivity (Wildman–Crippen MR) is 116 cm³/mol. The van der Waals surface area contributed by atoms with Gasteiger partial charge in [0.15, 0.2) is 5.54 Å². The highest BCUT2D eigenvalue weighted by molar-refractivity contribution is 5.77. The fourth-order valence-corrected chi connectivity index (χ4v) is 3.98. The summed E-state index contributed by atoms with van der Waals surface area (Å²) < 4.78 is 11.8. The quantitative estimate of drug-likeness (QED) is 0.648.